The number of Topliss-reactive ketones (excluding diaryl/α,β-unsaturated/α-hetero) is 1. The molecule has 0 amide bonds. The van der Waals surface area contributed by atoms with Crippen LogP contribution in [0.15, 0.2) is 0 Å². The van der Waals surface area contributed by atoms with Gasteiger partial charge in [0.2, 0.25) is 3.67 Å². The molecule has 1 nitrogen and oxygen atoms in total. The largest absolute Gasteiger partial charge is 0.295 e. The van der Waals surface area contributed by atoms with Crippen molar-refractivity contribution < 1.29 is 4.79 Å². The standard InChI is InChI=1S/C7H11Cl3OS/c1-2-3-4-5-6(11)7(8,9)12-10/h2-5H2,1H3. The number of halogens is 3. The molecule has 0 heterocycles. The SMILES string of the molecule is CCCCCC(=O)C(Cl)(Cl)SCl. The number of hydrogen-bond acceptors (Lipinski definition) is 2. The fourth-order valence-electron chi connectivity index (χ4n) is 0.724. The zero-order valence-corrected chi connectivity index (χ0v) is 9.86. The fraction of sp³-hybridized carbons (Fsp3) is 0.857. The molecule has 0 N–H and O–H groups in total. The fourth-order valence-corrected chi connectivity index (χ4v) is 1.36. The molecular weight excluding hydrogens is 239 g/mol. The zero-order chi connectivity index (χ0) is 9.61. The smallest absolute Gasteiger partial charge is 0.234 e. The van der Waals surface area contributed by atoms with Gasteiger partial charge >= 0.3 is 0 Å². The summed E-state index contributed by atoms with van der Waals surface area (Å²) in [5, 5.41) is 0. The summed E-state index contributed by atoms with van der Waals surface area (Å²) in [5.74, 6) is -0.209. The monoisotopic (exact) mass is 248 g/mol. The van der Waals surface area contributed by atoms with Crippen LogP contribution >= 0.6 is 44.9 Å². The second-order valence-corrected chi connectivity index (χ2v) is 5.48. The first kappa shape index (κ1) is 12.9. The van der Waals surface area contributed by atoms with Gasteiger partial charge in [-0.2, -0.15) is 0 Å². The van der Waals surface area contributed by atoms with Gasteiger partial charge in [0, 0.05) is 6.42 Å². The number of carbonyl (C=O) groups is 1. The molecule has 0 bridgehead atoms. The Balaban J connectivity index is 3.72. The van der Waals surface area contributed by atoms with Crippen molar-refractivity contribution in [2.24, 2.45) is 0 Å². The maximum atomic E-state index is 11.2. The lowest BCUT2D eigenvalue weighted by Crippen LogP contribution is -2.20. The summed E-state index contributed by atoms with van der Waals surface area (Å²) in [5.41, 5.74) is 0. The average molecular weight is 250 g/mol. The van der Waals surface area contributed by atoms with Crippen LogP contribution in [0.25, 0.3) is 0 Å². The predicted molar refractivity (Wildman–Crippen MR) is 57.0 cm³/mol. The third kappa shape index (κ3) is 4.80. The molecular formula is C7H11Cl3OS. The van der Waals surface area contributed by atoms with Gasteiger partial charge in [0.15, 0.2) is 5.78 Å². The molecule has 0 fully saturated rings. The van der Waals surface area contributed by atoms with Crippen molar-refractivity contribution in [2.45, 2.75) is 36.3 Å². The third-order valence-corrected chi connectivity index (χ3v) is 3.90. The van der Waals surface area contributed by atoms with Gasteiger partial charge in [-0.3, -0.25) is 4.79 Å². The highest BCUT2D eigenvalue weighted by Crippen LogP contribution is 2.39. The second-order valence-electron chi connectivity index (χ2n) is 2.47. The molecule has 12 heavy (non-hydrogen) atoms. The molecule has 0 unspecified atom stereocenters. The van der Waals surface area contributed by atoms with Crippen LogP contribution in [0.4, 0.5) is 0 Å². The van der Waals surface area contributed by atoms with Crippen molar-refractivity contribution >= 4 is 50.6 Å². The first-order chi connectivity index (χ1) is 5.54. The lowest BCUT2D eigenvalue weighted by molar-refractivity contribution is -0.118. The van der Waals surface area contributed by atoms with E-state index in [-0.39, 0.29) is 5.78 Å². The van der Waals surface area contributed by atoms with E-state index in [1.54, 1.807) is 0 Å². The quantitative estimate of drug-likeness (QED) is 0.519. The lowest BCUT2D eigenvalue weighted by Gasteiger charge is -2.12. The Bertz CT molecular complexity index is 150. The molecule has 0 aliphatic rings. The first-order valence-electron chi connectivity index (χ1n) is 3.75. The Morgan fingerprint density at radius 3 is 2.42 bits per heavy atom. The third-order valence-electron chi connectivity index (χ3n) is 1.43. The molecule has 0 aliphatic carbocycles. The van der Waals surface area contributed by atoms with Crippen LogP contribution in [0.5, 0.6) is 0 Å². The molecule has 0 aliphatic heterocycles. The van der Waals surface area contributed by atoms with Gasteiger partial charge in [-0.1, -0.05) is 43.0 Å². The summed E-state index contributed by atoms with van der Waals surface area (Å²) in [6.45, 7) is 2.06. The first-order valence-corrected chi connectivity index (χ1v) is 6.15. The maximum Gasteiger partial charge on any atom is 0.234 e. The van der Waals surface area contributed by atoms with Crippen molar-refractivity contribution in [2.75, 3.05) is 0 Å². The molecule has 5 heteroatoms. The van der Waals surface area contributed by atoms with E-state index in [0.717, 1.165) is 19.3 Å². The summed E-state index contributed by atoms with van der Waals surface area (Å²) in [6.07, 6.45) is 3.32. The van der Waals surface area contributed by atoms with Gasteiger partial charge in [0.25, 0.3) is 0 Å². The van der Waals surface area contributed by atoms with Crippen molar-refractivity contribution in [1.82, 2.24) is 0 Å². The minimum absolute atomic E-state index is 0.209. The summed E-state index contributed by atoms with van der Waals surface area (Å²) in [6, 6.07) is 0. The van der Waals surface area contributed by atoms with E-state index in [1.807, 2.05) is 0 Å². The number of hydrogen-bond donors (Lipinski definition) is 0. The molecule has 0 aromatic rings. The zero-order valence-electron chi connectivity index (χ0n) is 6.78. The van der Waals surface area contributed by atoms with Gasteiger partial charge in [0.05, 0.1) is 0 Å². The summed E-state index contributed by atoms with van der Waals surface area (Å²) < 4.78 is -1.46. The Labute approximate surface area is 91.6 Å². The summed E-state index contributed by atoms with van der Waals surface area (Å²) >= 11 is 11.2. The van der Waals surface area contributed by atoms with Gasteiger partial charge in [-0.15, -0.1) is 0 Å². The number of carbonyl (C=O) groups excluding carboxylic acids is 1. The van der Waals surface area contributed by atoms with E-state index in [9.17, 15) is 4.79 Å². The van der Waals surface area contributed by atoms with Gasteiger partial charge < -0.3 is 0 Å². The molecule has 0 aromatic heterocycles. The highest BCUT2D eigenvalue weighted by molar-refractivity contribution is 8.24. The van der Waals surface area contributed by atoms with E-state index in [4.69, 9.17) is 33.9 Å². The van der Waals surface area contributed by atoms with Crippen molar-refractivity contribution in [1.29, 1.82) is 0 Å². The van der Waals surface area contributed by atoms with E-state index in [2.05, 4.69) is 6.92 Å². The van der Waals surface area contributed by atoms with Gasteiger partial charge in [-0.25, -0.2) is 0 Å². The summed E-state index contributed by atoms with van der Waals surface area (Å²) in [4.78, 5) is 11.2. The highest BCUT2D eigenvalue weighted by Gasteiger charge is 2.32. The Morgan fingerprint density at radius 1 is 1.42 bits per heavy atom. The van der Waals surface area contributed by atoms with E-state index >= 15 is 0 Å². The van der Waals surface area contributed by atoms with Crippen molar-refractivity contribution in [3.63, 3.8) is 0 Å². The topological polar surface area (TPSA) is 17.1 Å². The van der Waals surface area contributed by atoms with Crippen LogP contribution in [-0.2, 0) is 4.79 Å². The normalized spacial score (nSPS) is 11.7. The minimum atomic E-state index is -1.46. The van der Waals surface area contributed by atoms with E-state index in [0.29, 0.717) is 17.4 Å². The highest BCUT2D eigenvalue weighted by atomic mass is 35.7. The molecule has 0 saturated carbocycles. The number of rotatable bonds is 6. The molecule has 0 radical (unpaired) electrons. The van der Waals surface area contributed by atoms with Crippen LogP contribution < -0.4 is 0 Å². The number of alkyl halides is 2. The molecule has 72 valence electrons. The van der Waals surface area contributed by atoms with Gasteiger partial charge in [0.1, 0.15) is 0 Å². The lowest BCUT2D eigenvalue weighted by atomic mass is 10.1. The van der Waals surface area contributed by atoms with E-state index in [1.165, 1.54) is 0 Å². The van der Waals surface area contributed by atoms with Crippen molar-refractivity contribution in [3.8, 4) is 0 Å². The van der Waals surface area contributed by atoms with Crippen LogP contribution in [0.2, 0.25) is 0 Å². The number of unbranched alkanes of at least 4 members (excludes halogenated alkanes) is 2. The molecule has 0 atom stereocenters. The van der Waals surface area contributed by atoms with Crippen LogP contribution in [-0.4, -0.2) is 9.45 Å². The van der Waals surface area contributed by atoms with Crippen LogP contribution in [0.3, 0.4) is 0 Å². The summed E-state index contributed by atoms with van der Waals surface area (Å²) in [7, 11) is 5.98. The van der Waals surface area contributed by atoms with Crippen molar-refractivity contribution in [3.05, 3.63) is 0 Å². The maximum absolute atomic E-state index is 11.2. The second kappa shape index (κ2) is 6.36. The minimum Gasteiger partial charge on any atom is -0.295 e. The Hall–Kier alpha value is 0.890. The average Bonchev–Trinajstić information content (AvgIpc) is 2.05. The molecule has 0 rings (SSSR count). The molecule has 0 aromatic carbocycles. The molecule has 0 spiro atoms. The van der Waals surface area contributed by atoms with Gasteiger partial charge in [-0.05, 0) is 28.1 Å². The Morgan fingerprint density at radius 2 is 2.00 bits per heavy atom. The Kier molecular flexibility index (Phi) is 6.83. The predicted octanol–water partition coefficient (Wildman–Crippen LogP) is 4.15. The van der Waals surface area contributed by atoms with E-state index < -0.39 is 3.67 Å². The molecule has 0 saturated heterocycles. The van der Waals surface area contributed by atoms with Crippen LogP contribution in [0.1, 0.15) is 32.6 Å². The van der Waals surface area contributed by atoms with Crippen LogP contribution in [0, 0.1) is 0 Å². The number of ketones is 1.